The number of carbonyl (C=O) groups excluding carboxylic acids is 1. The zero-order chi connectivity index (χ0) is 18.5. The fraction of sp³-hybridized carbons (Fsp3) is 0.421. The molecule has 2 aromatic rings. The van der Waals surface area contributed by atoms with E-state index in [1.165, 1.54) is 22.4 Å². The van der Waals surface area contributed by atoms with Gasteiger partial charge in [0.25, 0.3) is 5.56 Å². The number of hydrogen-bond donors (Lipinski definition) is 1. The van der Waals surface area contributed by atoms with Crippen molar-refractivity contribution in [3.05, 3.63) is 52.3 Å². The van der Waals surface area contributed by atoms with E-state index in [1.54, 1.807) is 11.9 Å². The molecule has 0 saturated carbocycles. The second kappa shape index (κ2) is 8.03. The van der Waals surface area contributed by atoms with Gasteiger partial charge in [0.1, 0.15) is 11.9 Å². The number of hydrogen-bond acceptors (Lipinski definition) is 4. The van der Waals surface area contributed by atoms with Crippen LogP contribution in [0.5, 0.6) is 5.75 Å². The number of amides is 2. The topological polar surface area (TPSA) is 76.5 Å². The summed E-state index contributed by atoms with van der Waals surface area (Å²) in [5.41, 5.74) is 1.07. The minimum absolute atomic E-state index is 0.113. The molecule has 7 heteroatoms. The Hall–Kier alpha value is -2.83. The van der Waals surface area contributed by atoms with Crippen molar-refractivity contribution in [1.82, 2.24) is 14.7 Å². The number of ether oxygens (including phenoxy) is 1. The monoisotopic (exact) mass is 356 g/mol. The molecule has 1 fully saturated rings. The first-order valence-electron chi connectivity index (χ1n) is 8.91. The summed E-state index contributed by atoms with van der Waals surface area (Å²) in [6, 6.07) is 10.9. The standard InChI is InChI=1S/C19H24N4O3/c1-3-14-4-6-15(7-5-14)26-16-10-12-23(13-11-16)19(25)20-17-8-9-18(24)22(2)21-17/h4-9,16H,3,10-13H2,1-2H3,(H,20,21,25). The first-order valence-corrected chi connectivity index (χ1v) is 8.91. The van der Waals surface area contributed by atoms with E-state index in [4.69, 9.17) is 4.74 Å². The smallest absolute Gasteiger partial charge is 0.323 e. The summed E-state index contributed by atoms with van der Waals surface area (Å²) in [7, 11) is 1.55. The Labute approximate surface area is 152 Å². The van der Waals surface area contributed by atoms with Crippen LogP contribution in [-0.4, -0.2) is 39.9 Å². The van der Waals surface area contributed by atoms with Gasteiger partial charge in [0, 0.05) is 39.0 Å². The number of urea groups is 1. The number of carbonyl (C=O) groups is 1. The number of piperidine rings is 1. The Kier molecular flexibility index (Phi) is 5.55. The third kappa shape index (κ3) is 4.41. The number of aryl methyl sites for hydroxylation is 2. The average Bonchev–Trinajstić information content (AvgIpc) is 2.66. The van der Waals surface area contributed by atoms with E-state index in [9.17, 15) is 9.59 Å². The molecule has 2 heterocycles. The molecule has 26 heavy (non-hydrogen) atoms. The third-order valence-electron chi connectivity index (χ3n) is 4.56. The van der Waals surface area contributed by atoms with Crippen molar-refractivity contribution in [2.75, 3.05) is 18.4 Å². The van der Waals surface area contributed by atoms with Crippen LogP contribution in [0.2, 0.25) is 0 Å². The Morgan fingerprint density at radius 2 is 1.88 bits per heavy atom. The Morgan fingerprint density at radius 1 is 1.19 bits per heavy atom. The predicted molar refractivity (Wildman–Crippen MR) is 99.5 cm³/mol. The van der Waals surface area contributed by atoms with E-state index in [0.29, 0.717) is 18.9 Å². The molecule has 1 aromatic carbocycles. The van der Waals surface area contributed by atoms with Gasteiger partial charge in [-0.25, -0.2) is 9.48 Å². The number of rotatable bonds is 4. The van der Waals surface area contributed by atoms with E-state index in [0.717, 1.165) is 25.0 Å². The van der Waals surface area contributed by atoms with Gasteiger partial charge in [-0.3, -0.25) is 10.1 Å². The molecule has 7 nitrogen and oxygen atoms in total. The number of aromatic nitrogens is 2. The lowest BCUT2D eigenvalue weighted by molar-refractivity contribution is 0.115. The van der Waals surface area contributed by atoms with E-state index in [2.05, 4.69) is 29.5 Å². The van der Waals surface area contributed by atoms with Gasteiger partial charge in [-0.15, -0.1) is 0 Å². The predicted octanol–water partition coefficient (Wildman–Crippen LogP) is 2.42. The van der Waals surface area contributed by atoms with Crippen LogP contribution in [-0.2, 0) is 13.5 Å². The first-order chi connectivity index (χ1) is 12.5. The molecule has 0 bridgehead atoms. The number of benzene rings is 1. The maximum Gasteiger partial charge on any atom is 0.323 e. The van der Waals surface area contributed by atoms with E-state index < -0.39 is 0 Å². The summed E-state index contributed by atoms with van der Waals surface area (Å²) >= 11 is 0. The summed E-state index contributed by atoms with van der Waals surface area (Å²) in [5.74, 6) is 1.24. The van der Waals surface area contributed by atoms with Crippen LogP contribution >= 0.6 is 0 Å². The SMILES string of the molecule is CCc1ccc(OC2CCN(C(=O)Nc3ccc(=O)n(C)n3)CC2)cc1. The van der Waals surface area contributed by atoms with Crippen molar-refractivity contribution in [3.8, 4) is 5.75 Å². The Morgan fingerprint density at radius 3 is 2.50 bits per heavy atom. The average molecular weight is 356 g/mol. The highest BCUT2D eigenvalue weighted by Gasteiger charge is 2.24. The maximum absolute atomic E-state index is 12.3. The minimum Gasteiger partial charge on any atom is -0.490 e. The van der Waals surface area contributed by atoms with Gasteiger partial charge in [0.05, 0.1) is 0 Å². The highest BCUT2D eigenvalue weighted by atomic mass is 16.5. The molecule has 0 aliphatic carbocycles. The molecule has 3 rings (SSSR count). The van der Waals surface area contributed by atoms with Crippen LogP contribution in [0.25, 0.3) is 0 Å². The van der Waals surface area contributed by atoms with E-state index in [1.807, 2.05) is 12.1 Å². The normalized spacial score (nSPS) is 14.9. The van der Waals surface area contributed by atoms with Gasteiger partial charge in [-0.1, -0.05) is 19.1 Å². The molecule has 0 unspecified atom stereocenters. The second-order valence-electron chi connectivity index (χ2n) is 6.41. The van der Waals surface area contributed by atoms with E-state index >= 15 is 0 Å². The lowest BCUT2D eigenvalue weighted by atomic mass is 10.1. The molecular weight excluding hydrogens is 332 g/mol. The Bertz CT molecular complexity index is 808. The largest absolute Gasteiger partial charge is 0.490 e. The molecular formula is C19H24N4O3. The lowest BCUT2D eigenvalue weighted by Crippen LogP contribution is -2.44. The fourth-order valence-electron chi connectivity index (χ4n) is 2.93. The number of nitrogens with one attached hydrogen (secondary N) is 1. The molecule has 1 aliphatic heterocycles. The molecule has 1 saturated heterocycles. The number of anilines is 1. The van der Waals surface area contributed by atoms with Crippen LogP contribution in [0.1, 0.15) is 25.3 Å². The van der Waals surface area contributed by atoms with E-state index in [-0.39, 0.29) is 17.7 Å². The van der Waals surface area contributed by atoms with Gasteiger partial charge in [-0.05, 0) is 30.2 Å². The maximum atomic E-state index is 12.3. The second-order valence-corrected chi connectivity index (χ2v) is 6.41. The van der Waals surface area contributed by atoms with Gasteiger partial charge in [-0.2, -0.15) is 5.10 Å². The summed E-state index contributed by atoms with van der Waals surface area (Å²) in [6.07, 6.45) is 2.69. The lowest BCUT2D eigenvalue weighted by Gasteiger charge is -2.32. The Balaban J connectivity index is 1.50. The van der Waals surface area contributed by atoms with Crippen LogP contribution < -0.4 is 15.6 Å². The van der Waals surface area contributed by atoms with Gasteiger partial charge >= 0.3 is 6.03 Å². The third-order valence-corrected chi connectivity index (χ3v) is 4.56. The zero-order valence-electron chi connectivity index (χ0n) is 15.1. The molecule has 2 amide bonds. The van der Waals surface area contributed by atoms with Gasteiger partial charge in [0.2, 0.25) is 0 Å². The molecule has 0 radical (unpaired) electrons. The number of nitrogens with zero attached hydrogens (tertiary/aromatic N) is 3. The van der Waals surface area contributed by atoms with Crippen molar-refractivity contribution >= 4 is 11.8 Å². The number of likely N-dealkylation sites (tertiary alicyclic amines) is 1. The zero-order valence-corrected chi connectivity index (χ0v) is 15.1. The van der Waals surface area contributed by atoms with Crippen molar-refractivity contribution in [3.63, 3.8) is 0 Å². The minimum atomic E-state index is -0.215. The van der Waals surface area contributed by atoms with Gasteiger partial charge < -0.3 is 9.64 Å². The van der Waals surface area contributed by atoms with Crippen molar-refractivity contribution in [2.24, 2.45) is 7.05 Å². The quantitative estimate of drug-likeness (QED) is 0.913. The molecule has 0 atom stereocenters. The molecule has 1 aliphatic rings. The molecule has 0 spiro atoms. The van der Waals surface area contributed by atoms with Crippen molar-refractivity contribution < 1.29 is 9.53 Å². The molecule has 138 valence electrons. The van der Waals surface area contributed by atoms with Crippen molar-refractivity contribution in [2.45, 2.75) is 32.3 Å². The summed E-state index contributed by atoms with van der Waals surface area (Å²) in [6.45, 7) is 3.37. The summed E-state index contributed by atoms with van der Waals surface area (Å²) in [4.78, 5) is 25.4. The van der Waals surface area contributed by atoms with Crippen LogP contribution in [0.15, 0.2) is 41.2 Å². The fourth-order valence-corrected chi connectivity index (χ4v) is 2.93. The molecule has 1 N–H and O–H groups in total. The van der Waals surface area contributed by atoms with Crippen molar-refractivity contribution in [1.29, 1.82) is 0 Å². The van der Waals surface area contributed by atoms with Crippen LogP contribution in [0.3, 0.4) is 0 Å². The first kappa shape index (κ1) is 18.0. The summed E-state index contributed by atoms with van der Waals surface area (Å²) < 4.78 is 7.22. The summed E-state index contributed by atoms with van der Waals surface area (Å²) in [5, 5.41) is 6.75. The van der Waals surface area contributed by atoms with Crippen LogP contribution in [0, 0.1) is 0 Å². The molecule has 1 aromatic heterocycles. The highest BCUT2D eigenvalue weighted by Crippen LogP contribution is 2.20. The highest BCUT2D eigenvalue weighted by molar-refractivity contribution is 5.88. The van der Waals surface area contributed by atoms with Crippen LogP contribution in [0.4, 0.5) is 10.6 Å². The van der Waals surface area contributed by atoms with Gasteiger partial charge in [0.15, 0.2) is 5.82 Å².